The van der Waals surface area contributed by atoms with E-state index in [4.69, 9.17) is 73.4 Å². The molecule has 0 bridgehead atoms. The lowest BCUT2D eigenvalue weighted by Crippen LogP contribution is -2.66. The van der Waals surface area contributed by atoms with Crippen LogP contribution in [0, 0.1) is 84.9 Å². The van der Waals surface area contributed by atoms with Gasteiger partial charge in [0.05, 0.1) is 44.4 Å². The first-order valence-corrected chi connectivity index (χ1v) is 35.9. The number of aliphatic hydroxyl groups is 7. The Kier molecular flexibility index (Phi) is 44.6. The molecule has 4 saturated heterocycles. The van der Waals surface area contributed by atoms with Gasteiger partial charge in [0.25, 0.3) is 0 Å². The second-order valence-electron chi connectivity index (χ2n) is 28.3. The molecule has 4 heterocycles. The Balaban J connectivity index is 0.00000146. The Morgan fingerprint density at radius 3 is 1.08 bits per heavy atom. The predicted molar refractivity (Wildman–Crippen MR) is 383 cm³/mol. The Labute approximate surface area is 648 Å². The van der Waals surface area contributed by atoms with E-state index in [-0.39, 0.29) is 96.0 Å². The fourth-order valence-corrected chi connectivity index (χ4v) is 13.3. The van der Waals surface area contributed by atoms with Gasteiger partial charge in [-0.25, -0.2) is 35.9 Å². The molecule has 4 fully saturated rings. The summed E-state index contributed by atoms with van der Waals surface area (Å²) < 4.78 is 136. The van der Waals surface area contributed by atoms with Gasteiger partial charge in [-0.2, -0.15) is 0 Å². The minimum Gasteiger partial charge on any atom is -0.479 e. The molecule has 4 rings (SSSR count). The number of aliphatic hydroxyl groups excluding tert-OH is 7. The zero-order valence-corrected chi connectivity index (χ0v) is 64.4. The van der Waals surface area contributed by atoms with Crippen molar-refractivity contribution in [1.82, 2.24) is 0 Å². The first-order valence-electron chi connectivity index (χ1n) is 35.9. The van der Waals surface area contributed by atoms with Crippen LogP contribution in [0.3, 0.4) is 0 Å². The molecule has 0 aromatic heterocycles. The van der Waals surface area contributed by atoms with Gasteiger partial charge in [0.1, 0.15) is 72.0 Å². The molecule has 0 amide bonds. The highest BCUT2D eigenvalue weighted by Crippen LogP contribution is 2.47. The number of terminal acetylenes is 4. The van der Waals surface area contributed by atoms with Crippen LogP contribution in [0.1, 0.15) is 187 Å². The van der Waals surface area contributed by atoms with Gasteiger partial charge in [-0.3, -0.25) is 33.6 Å². The van der Waals surface area contributed by atoms with Crippen molar-refractivity contribution >= 4 is 64.9 Å². The lowest BCUT2D eigenvalue weighted by molar-refractivity contribution is -0.292. The van der Waals surface area contributed by atoms with Gasteiger partial charge in [-0.1, -0.05) is 35.1 Å². The summed E-state index contributed by atoms with van der Waals surface area (Å²) in [6.07, 6.45) is -9.36. The van der Waals surface area contributed by atoms with E-state index in [1.54, 1.807) is 13.8 Å². The number of aliphatic carboxylic acids is 2. The number of esters is 5. The van der Waals surface area contributed by atoms with Crippen molar-refractivity contribution in [3.05, 3.63) is 0 Å². The maximum absolute atomic E-state index is 14.8. The zero-order chi connectivity index (χ0) is 85.7. The van der Waals surface area contributed by atoms with Crippen molar-refractivity contribution in [3.63, 3.8) is 0 Å². The zero-order valence-electron chi connectivity index (χ0n) is 64.4. The lowest BCUT2D eigenvalue weighted by atomic mass is 9.74. The number of carboxylic acid groups (broad SMARTS) is 2. The third-order valence-electron chi connectivity index (χ3n) is 19.3. The van der Waals surface area contributed by atoms with Gasteiger partial charge < -0.3 is 98.2 Å². The van der Waals surface area contributed by atoms with Gasteiger partial charge in [-0.15, -0.1) is 49.4 Å². The van der Waals surface area contributed by atoms with E-state index in [0.717, 1.165) is 34.6 Å². The van der Waals surface area contributed by atoms with Gasteiger partial charge >= 0.3 is 41.8 Å². The number of ketones is 4. The number of hydrogen-bond acceptors (Lipinski definition) is 27. The summed E-state index contributed by atoms with van der Waals surface area (Å²) >= 11 is 0. The molecule has 636 valence electrons. The highest BCUT2D eigenvalue weighted by molar-refractivity contribution is 5.81. The van der Waals surface area contributed by atoms with Crippen molar-refractivity contribution < 1.29 is 168 Å². The second-order valence-corrected chi connectivity index (χ2v) is 28.3. The molecule has 4 aliphatic rings. The number of carbonyl (C=O) groups is 11. The van der Waals surface area contributed by atoms with Gasteiger partial charge in [0.2, 0.25) is 11.7 Å². The van der Waals surface area contributed by atoms with Crippen molar-refractivity contribution in [2.24, 2.45) is 35.5 Å². The van der Waals surface area contributed by atoms with E-state index >= 15 is 0 Å². The summed E-state index contributed by atoms with van der Waals surface area (Å²) in [5.41, 5.74) is -5.02. The van der Waals surface area contributed by atoms with E-state index in [1.165, 1.54) is 41.5 Å². The second kappa shape index (κ2) is 47.9. The van der Waals surface area contributed by atoms with Crippen LogP contribution >= 0.6 is 0 Å². The fraction of sp³-hybridized carbons (Fsp3) is 0.753. The minimum atomic E-state index is -2.66. The van der Waals surface area contributed by atoms with Crippen LogP contribution in [0.2, 0.25) is 0 Å². The number of hydrogen-bond donors (Lipinski definition) is 9. The normalized spacial score (nSPS) is 31.9. The smallest absolute Gasteiger partial charge is 0.338 e. The average Bonchev–Trinajstić information content (AvgIpc) is 0.762. The number of carboxylic acids is 2. The van der Waals surface area contributed by atoms with Crippen molar-refractivity contribution in [2.45, 2.75) is 320 Å². The number of alkyl halides is 6. The molecule has 112 heavy (non-hydrogen) atoms. The SMILES string of the molecule is C.C#CCCC(=O)CC1C(C)C(F)C(C)(F)OC1[C@H](OC(C)=O)[C@@H](CC)OC(C)=O.C#CCCC(=O)CC1C(O)C(F)C(C)(C(=O)O)OC1[C@H](O)[C@H](O)CO.C#CCCC(=O)O[C@@H](C1OC(C)(C(=O)O)C(F)C(O)C1CC(C)=O)[C@H](O)CO.C#CCCC(=O)O[C@@H](C1OC(C)(F)C(F)C(C)C1CC(C)=O)[C@@H](CC)OC(C)=O. The molecule has 9 N–H and O–H groups in total. The average molecular weight is 1620 g/mol. The van der Waals surface area contributed by atoms with E-state index in [2.05, 4.69) is 23.7 Å². The Bertz CT molecular complexity index is 3280. The molecule has 0 aromatic carbocycles. The summed E-state index contributed by atoms with van der Waals surface area (Å²) in [6, 6.07) is 0. The third-order valence-corrected chi connectivity index (χ3v) is 19.3. The molecule has 0 saturated carbocycles. The first kappa shape index (κ1) is 104. The van der Waals surface area contributed by atoms with Crippen molar-refractivity contribution in [1.29, 1.82) is 0 Å². The molecule has 4 aliphatic heterocycles. The summed E-state index contributed by atoms with van der Waals surface area (Å²) in [7, 11) is 0. The maximum atomic E-state index is 14.8. The Hall–Kier alpha value is -7.65. The topological polar surface area (TPSA) is 453 Å². The number of ether oxygens (including phenoxy) is 9. The Morgan fingerprint density at radius 2 is 0.750 bits per heavy atom. The number of rotatable bonds is 35. The maximum Gasteiger partial charge on any atom is 0.338 e. The summed E-state index contributed by atoms with van der Waals surface area (Å²) in [6.45, 7) is 14.3. The van der Waals surface area contributed by atoms with Crippen molar-refractivity contribution in [2.75, 3.05) is 13.2 Å². The van der Waals surface area contributed by atoms with Gasteiger partial charge in [0, 0.05) is 109 Å². The molecule has 28 atom stereocenters. The van der Waals surface area contributed by atoms with Crippen LogP contribution in [0.4, 0.5) is 26.3 Å². The molecule has 0 aromatic rings. The number of Topliss-reactive ketones (excluding diaryl/α,β-unsaturated/α-hetero) is 4. The minimum absolute atomic E-state index is 0. The fourth-order valence-electron chi connectivity index (χ4n) is 13.3. The van der Waals surface area contributed by atoms with Crippen LogP contribution < -0.4 is 0 Å². The van der Waals surface area contributed by atoms with E-state index < -0.39 is 248 Å². The van der Waals surface area contributed by atoms with Gasteiger partial charge in [-0.05, 0) is 66.2 Å². The summed E-state index contributed by atoms with van der Waals surface area (Å²) in [5.74, 6) is -10.5. The number of halogens is 6. The Morgan fingerprint density at radius 1 is 0.446 bits per heavy atom. The van der Waals surface area contributed by atoms with Gasteiger partial charge in [0.15, 0.2) is 54.2 Å². The largest absolute Gasteiger partial charge is 0.479 e. The highest BCUT2D eigenvalue weighted by atomic mass is 19.2. The quantitative estimate of drug-likeness (QED) is 0.0173. The lowest BCUT2D eigenvalue weighted by Gasteiger charge is -2.48. The molecule has 29 nitrogen and oxygen atoms in total. The monoisotopic (exact) mass is 1610 g/mol. The van der Waals surface area contributed by atoms with Crippen LogP contribution in [0.15, 0.2) is 0 Å². The van der Waals surface area contributed by atoms with Crippen LogP contribution in [-0.4, -0.2) is 257 Å². The van der Waals surface area contributed by atoms with Crippen LogP contribution in [0.25, 0.3) is 0 Å². The van der Waals surface area contributed by atoms with Crippen molar-refractivity contribution in [3.8, 4) is 49.4 Å². The predicted octanol–water partition coefficient (Wildman–Crippen LogP) is 5.08. The molecule has 0 radical (unpaired) electrons. The molecule has 0 aliphatic carbocycles. The van der Waals surface area contributed by atoms with E-state index in [9.17, 15) is 120 Å². The first-order chi connectivity index (χ1) is 51.5. The third kappa shape index (κ3) is 29.6. The molecule has 35 heteroatoms. The molecule has 20 unspecified atom stereocenters. The summed E-state index contributed by atoms with van der Waals surface area (Å²) in [5, 5.41) is 87.2. The van der Waals surface area contributed by atoms with E-state index in [1.807, 2.05) is 0 Å². The standard InChI is InChI=1S/2C21H30F2O6.C18H25FO9.C16H23FO8.CH4/c1-7-9-10-15(26)11-16-12(3)20(22)21(6,23)29-18(16)19(28-14(5)25)17(8-2)27-13(4)24;1-7-9-10-17(26)28-19(16(8-2)27-14(5)25)18-15(11-12(3)24)13(4)20(22)21(6,23)29-18;1-4-5-6-12(23)27-15(11(22)8-20)14-10(7-9(2)21)13(24)16(19)18(3,28-14)17(25)26;1-3-4-5-8(19)6-9-11(21)14(17)16(2,15(23)24)25-13(9)12(22)10(20)7-18;/h1,12,16-20H,8-11H2,2-6H3;1,13,15-16,18-20H,8-11H2,2-6H3;1,10-11,13-16,20,22,24H,5-8H2,2-3H3,(H,25,26);1,9-14,18,20-22H,4-7H2,2H3,(H,23,24);1H4/t12?,16?,17-,18?,19-,20?,21?;13?,15?,16-,18?,19-,20?,21?;10?,11-,13?,14?,15-,16?,18?;9?,10-,11?,12-,13?,14?,16?;/m1111./s1. The van der Waals surface area contributed by atoms with Crippen LogP contribution in [0.5, 0.6) is 0 Å². The molecule has 0 spiro atoms. The van der Waals surface area contributed by atoms with Crippen LogP contribution in [-0.2, 0) is 95.4 Å². The molecular formula is C77H112F6O29. The number of carbonyl (C=O) groups excluding carboxylic acids is 9. The highest BCUT2D eigenvalue weighted by Gasteiger charge is 2.62. The van der Waals surface area contributed by atoms with E-state index in [0.29, 0.717) is 0 Å². The molecular weight excluding hydrogens is 1500 g/mol. The summed E-state index contributed by atoms with van der Waals surface area (Å²) in [4.78, 5) is 129.